The number of nitrogens with zero attached hydrogens (tertiary/aromatic N) is 2. The third-order valence-electron chi connectivity index (χ3n) is 2.51. The Bertz CT molecular complexity index is 441. The van der Waals surface area contributed by atoms with Gasteiger partial charge in [0.05, 0.1) is 6.54 Å². The number of carbonyl (C=O) groups is 2. The van der Waals surface area contributed by atoms with E-state index in [0.717, 1.165) is 12.8 Å². The number of aromatic nitrogens is 2. The molecule has 0 bridgehead atoms. The molecule has 0 aromatic carbocycles. The van der Waals surface area contributed by atoms with Gasteiger partial charge in [-0.2, -0.15) is 0 Å². The third kappa shape index (κ3) is 3.41. The molecule has 1 fully saturated rings. The van der Waals surface area contributed by atoms with Gasteiger partial charge in [0.2, 0.25) is 5.91 Å². The van der Waals surface area contributed by atoms with E-state index in [-0.39, 0.29) is 18.1 Å². The minimum absolute atomic E-state index is 0.0369. The molecular formula is C11H15N5O2. The van der Waals surface area contributed by atoms with Crippen LogP contribution in [0.15, 0.2) is 12.1 Å². The van der Waals surface area contributed by atoms with Crippen molar-refractivity contribution in [2.45, 2.75) is 18.9 Å². The fourth-order valence-electron chi connectivity index (χ4n) is 1.34. The Hall–Kier alpha value is -2.18. The third-order valence-corrected chi connectivity index (χ3v) is 2.51. The number of amides is 2. The molecule has 3 N–H and O–H groups in total. The number of anilines is 1. The topological polar surface area (TPSA) is 96.0 Å². The summed E-state index contributed by atoms with van der Waals surface area (Å²) in [5.41, 5.74) is 0.188. The second-order valence-corrected chi connectivity index (χ2v) is 4.08. The Morgan fingerprint density at radius 1 is 1.33 bits per heavy atom. The fourth-order valence-corrected chi connectivity index (χ4v) is 1.34. The molecule has 0 unspecified atom stereocenters. The molecule has 0 saturated heterocycles. The summed E-state index contributed by atoms with van der Waals surface area (Å²) in [6.07, 6.45) is 2.05. The van der Waals surface area contributed by atoms with Crippen LogP contribution in [0.5, 0.6) is 0 Å². The molecule has 1 aliphatic carbocycles. The monoisotopic (exact) mass is 249 g/mol. The quantitative estimate of drug-likeness (QED) is 0.655. The van der Waals surface area contributed by atoms with Gasteiger partial charge in [-0.3, -0.25) is 9.59 Å². The van der Waals surface area contributed by atoms with Crippen LogP contribution in [0.25, 0.3) is 0 Å². The molecule has 7 nitrogen and oxygen atoms in total. The Balaban J connectivity index is 1.80. The van der Waals surface area contributed by atoms with Crippen molar-refractivity contribution >= 4 is 17.6 Å². The fraction of sp³-hybridized carbons (Fsp3) is 0.455. The van der Waals surface area contributed by atoms with E-state index in [9.17, 15) is 9.59 Å². The molecule has 0 aliphatic heterocycles. The molecule has 0 radical (unpaired) electrons. The van der Waals surface area contributed by atoms with Crippen molar-refractivity contribution in [1.29, 1.82) is 0 Å². The van der Waals surface area contributed by atoms with Crippen LogP contribution in [0.1, 0.15) is 23.3 Å². The first-order chi connectivity index (χ1) is 8.69. The molecule has 1 aromatic heterocycles. The summed E-state index contributed by atoms with van der Waals surface area (Å²) in [5, 5.41) is 15.6. The lowest BCUT2D eigenvalue weighted by Gasteiger charge is -2.05. The molecule has 1 heterocycles. The van der Waals surface area contributed by atoms with Gasteiger partial charge in [-0.15, -0.1) is 10.2 Å². The van der Waals surface area contributed by atoms with E-state index in [2.05, 4.69) is 26.1 Å². The van der Waals surface area contributed by atoms with Gasteiger partial charge >= 0.3 is 0 Å². The van der Waals surface area contributed by atoms with E-state index in [1.165, 1.54) is 0 Å². The molecule has 18 heavy (non-hydrogen) atoms. The zero-order chi connectivity index (χ0) is 13.0. The largest absolute Gasteiger partial charge is 0.372 e. The van der Waals surface area contributed by atoms with Gasteiger partial charge in [0.1, 0.15) is 5.82 Å². The van der Waals surface area contributed by atoms with Crippen LogP contribution in [0.4, 0.5) is 5.82 Å². The van der Waals surface area contributed by atoms with Crippen LogP contribution in [0, 0.1) is 0 Å². The molecule has 0 atom stereocenters. The average Bonchev–Trinajstić information content (AvgIpc) is 3.20. The van der Waals surface area contributed by atoms with Crippen LogP contribution in [-0.4, -0.2) is 41.6 Å². The number of hydrogen-bond acceptors (Lipinski definition) is 5. The van der Waals surface area contributed by atoms with Gasteiger partial charge in [-0.05, 0) is 25.0 Å². The zero-order valence-corrected chi connectivity index (χ0v) is 10.1. The predicted molar refractivity (Wildman–Crippen MR) is 65.1 cm³/mol. The second-order valence-electron chi connectivity index (χ2n) is 4.08. The highest BCUT2D eigenvalue weighted by atomic mass is 16.2. The molecule has 1 aromatic rings. The first-order valence-electron chi connectivity index (χ1n) is 5.78. The summed E-state index contributed by atoms with van der Waals surface area (Å²) in [5.74, 6) is -0.000203. The van der Waals surface area contributed by atoms with Crippen LogP contribution >= 0.6 is 0 Å². The van der Waals surface area contributed by atoms with Crippen molar-refractivity contribution in [1.82, 2.24) is 20.8 Å². The Morgan fingerprint density at radius 3 is 2.67 bits per heavy atom. The first kappa shape index (κ1) is 12.3. The summed E-state index contributed by atoms with van der Waals surface area (Å²) in [4.78, 5) is 23.0. The van der Waals surface area contributed by atoms with Crippen molar-refractivity contribution in [3.8, 4) is 0 Å². The van der Waals surface area contributed by atoms with Crippen LogP contribution in [0.3, 0.4) is 0 Å². The molecular weight excluding hydrogens is 234 g/mol. The molecule has 1 aliphatic rings. The van der Waals surface area contributed by atoms with Gasteiger partial charge in [0.25, 0.3) is 5.91 Å². The SMILES string of the molecule is CNc1ccc(C(=O)NCC(=O)NC2CC2)nn1. The van der Waals surface area contributed by atoms with Crippen molar-refractivity contribution in [2.75, 3.05) is 18.9 Å². The lowest BCUT2D eigenvalue weighted by molar-refractivity contribution is -0.120. The summed E-state index contributed by atoms with van der Waals surface area (Å²) < 4.78 is 0. The highest BCUT2D eigenvalue weighted by Crippen LogP contribution is 2.18. The number of rotatable bonds is 5. The van der Waals surface area contributed by atoms with E-state index in [1.54, 1.807) is 19.2 Å². The molecule has 7 heteroatoms. The van der Waals surface area contributed by atoms with Crippen molar-refractivity contribution in [3.05, 3.63) is 17.8 Å². The average molecular weight is 249 g/mol. The smallest absolute Gasteiger partial charge is 0.272 e. The summed E-state index contributed by atoms with van der Waals surface area (Å²) in [7, 11) is 1.71. The second kappa shape index (κ2) is 5.44. The van der Waals surface area contributed by atoms with Crippen molar-refractivity contribution in [2.24, 2.45) is 0 Å². The van der Waals surface area contributed by atoms with E-state index in [4.69, 9.17) is 0 Å². The van der Waals surface area contributed by atoms with Crippen LogP contribution < -0.4 is 16.0 Å². The maximum atomic E-state index is 11.6. The molecule has 0 spiro atoms. The van der Waals surface area contributed by atoms with Gasteiger partial charge in [-0.25, -0.2) is 0 Å². The van der Waals surface area contributed by atoms with Gasteiger partial charge < -0.3 is 16.0 Å². The normalized spacial score (nSPS) is 13.8. The van der Waals surface area contributed by atoms with E-state index < -0.39 is 5.91 Å². The van der Waals surface area contributed by atoms with Crippen LogP contribution in [-0.2, 0) is 4.79 Å². The Morgan fingerprint density at radius 2 is 2.11 bits per heavy atom. The zero-order valence-electron chi connectivity index (χ0n) is 10.1. The number of hydrogen-bond donors (Lipinski definition) is 3. The molecule has 96 valence electrons. The minimum atomic E-state index is -0.406. The lowest BCUT2D eigenvalue weighted by Crippen LogP contribution is -2.38. The molecule has 2 rings (SSSR count). The minimum Gasteiger partial charge on any atom is -0.372 e. The Labute approximate surface area is 104 Å². The van der Waals surface area contributed by atoms with Gasteiger partial charge in [-0.1, -0.05) is 0 Å². The summed E-state index contributed by atoms with van der Waals surface area (Å²) in [6.45, 7) is -0.0369. The van der Waals surface area contributed by atoms with Crippen LogP contribution in [0.2, 0.25) is 0 Å². The molecule has 1 saturated carbocycles. The Kier molecular flexibility index (Phi) is 3.71. The lowest BCUT2D eigenvalue weighted by atomic mass is 10.3. The van der Waals surface area contributed by atoms with E-state index in [0.29, 0.717) is 11.9 Å². The van der Waals surface area contributed by atoms with E-state index >= 15 is 0 Å². The maximum absolute atomic E-state index is 11.6. The van der Waals surface area contributed by atoms with E-state index in [1.807, 2.05) is 0 Å². The van der Waals surface area contributed by atoms with Gasteiger partial charge in [0, 0.05) is 13.1 Å². The molecule has 2 amide bonds. The highest BCUT2D eigenvalue weighted by molar-refractivity contribution is 5.94. The van der Waals surface area contributed by atoms with Crippen molar-refractivity contribution < 1.29 is 9.59 Å². The van der Waals surface area contributed by atoms with Gasteiger partial charge in [0.15, 0.2) is 5.69 Å². The highest BCUT2D eigenvalue weighted by Gasteiger charge is 2.23. The predicted octanol–water partition coefficient (Wildman–Crippen LogP) is -0.473. The first-order valence-corrected chi connectivity index (χ1v) is 5.78. The summed E-state index contributed by atoms with van der Waals surface area (Å²) in [6, 6.07) is 3.49. The maximum Gasteiger partial charge on any atom is 0.272 e. The number of nitrogens with one attached hydrogen (secondary N) is 3. The van der Waals surface area contributed by atoms with Crippen molar-refractivity contribution in [3.63, 3.8) is 0 Å². The summed E-state index contributed by atoms with van der Waals surface area (Å²) >= 11 is 0. The number of carbonyl (C=O) groups excluding carboxylic acids is 2. The standard InChI is InChI=1S/C11H15N5O2/c1-12-9-5-4-8(15-16-9)11(18)13-6-10(17)14-7-2-3-7/h4-5,7H,2-3,6H2,1H3,(H,12,16)(H,13,18)(H,14,17).